The van der Waals surface area contributed by atoms with Crippen molar-refractivity contribution in [3.05, 3.63) is 0 Å². The Bertz CT molecular complexity index is 89.1. The van der Waals surface area contributed by atoms with Crippen molar-refractivity contribution in [3.8, 4) is 0 Å². The second-order valence-corrected chi connectivity index (χ2v) is 3.87. The van der Waals surface area contributed by atoms with E-state index in [9.17, 15) is 0 Å². The molecule has 0 aromatic heterocycles. The molecule has 2 nitrogen and oxygen atoms in total. The van der Waals surface area contributed by atoms with Gasteiger partial charge in [0.05, 0.1) is 0 Å². The SMILES string of the molecule is COC1CNCC(C)S1. The van der Waals surface area contributed by atoms with E-state index in [-0.39, 0.29) is 0 Å². The minimum atomic E-state index is 0.369. The van der Waals surface area contributed by atoms with Gasteiger partial charge < -0.3 is 10.1 Å². The van der Waals surface area contributed by atoms with E-state index in [2.05, 4.69) is 12.2 Å². The van der Waals surface area contributed by atoms with Gasteiger partial charge in [-0.15, -0.1) is 11.8 Å². The van der Waals surface area contributed by atoms with E-state index < -0.39 is 0 Å². The van der Waals surface area contributed by atoms with E-state index in [1.165, 1.54) is 0 Å². The summed E-state index contributed by atoms with van der Waals surface area (Å²) in [7, 11) is 1.76. The largest absolute Gasteiger partial charge is 0.369 e. The zero-order chi connectivity index (χ0) is 6.69. The molecule has 0 aromatic rings. The van der Waals surface area contributed by atoms with Crippen molar-refractivity contribution >= 4 is 11.8 Å². The van der Waals surface area contributed by atoms with Crippen molar-refractivity contribution in [3.63, 3.8) is 0 Å². The van der Waals surface area contributed by atoms with Crippen LogP contribution >= 0.6 is 11.8 Å². The Morgan fingerprint density at radius 3 is 2.78 bits per heavy atom. The number of thioether (sulfide) groups is 1. The maximum absolute atomic E-state index is 5.16. The van der Waals surface area contributed by atoms with Crippen LogP contribution in [0.3, 0.4) is 0 Å². The van der Waals surface area contributed by atoms with Gasteiger partial charge in [0.2, 0.25) is 0 Å². The van der Waals surface area contributed by atoms with E-state index in [4.69, 9.17) is 4.74 Å². The molecule has 0 aliphatic carbocycles. The van der Waals surface area contributed by atoms with Gasteiger partial charge in [-0.2, -0.15) is 0 Å². The number of methoxy groups -OCH3 is 1. The van der Waals surface area contributed by atoms with E-state index in [1.807, 2.05) is 11.8 Å². The highest BCUT2D eigenvalue weighted by molar-refractivity contribution is 8.00. The average molecular weight is 147 g/mol. The zero-order valence-corrected chi connectivity index (χ0v) is 6.70. The molecule has 1 saturated heterocycles. The van der Waals surface area contributed by atoms with Gasteiger partial charge in [-0.05, 0) is 0 Å². The Labute approximate surface area is 60.3 Å². The van der Waals surface area contributed by atoms with Gasteiger partial charge in [0.15, 0.2) is 0 Å². The van der Waals surface area contributed by atoms with Gasteiger partial charge in [0, 0.05) is 25.4 Å². The van der Waals surface area contributed by atoms with E-state index in [1.54, 1.807) is 7.11 Å². The fraction of sp³-hybridized carbons (Fsp3) is 1.00. The smallest absolute Gasteiger partial charge is 0.115 e. The standard InChI is InChI=1S/C6H13NOS/c1-5-3-7-4-6(8-2)9-5/h5-7H,3-4H2,1-2H3. The summed E-state index contributed by atoms with van der Waals surface area (Å²) in [5.41, 5.74) is 0.369. The van der Waals surface area contributed by atoms with E-state index >= 15 is 0 Å². The van der Waals surface area contributed by atoms with Crippen molar-refractivity contribution in [2.75, 3.05) is 20.2 Å². The molecule has 1 N–H and O–H groups in total. The Morgan fingerprint density at radius 1 is 1.56 bits per heavy atom. The Hall–Kier alpha value is 0.270. The molecule has 9 heavy (non-hydrogen) atoms. The van der Waals surface area contributed by atoms with Crippen molar-refractivity contribution in [2.24, 2.45) is 0 Å². The lowest BCUT2D eigenvalue weighted by molar-refractivity contribution is 0.167. The molecule has 0 radical (unpaired) electrons. The molecule has 1 aliphatic rings. The van der Waals surface area contributed by atoms with Crippen LogP contribution in [-0.2, 0) is 4.74 Å². The normalized spacial score (nSPS) is 36.7. The quantitative estimate of drug-likeness (QED) is 0.589. The second-order valence-electron chi connectivity index (χ2n) is 2.27. The van der Waals surface area contributed by atoms with Crippen molar-refractivity contribution in [1.82, 2.24) is 5.32 Å². The number of rotatable bonds is 1. The molecule has 1 aliphatic heterocycles. The highest BCUT2D eigenvalue weighted by atomic mass is 32.2. The molecule has 3 heteroatoms. The third kappa shape index (κ3) is 2.16. The summed E-state index contributed by atoms with van der Waals surface area (Å²) in [6.45, 7) is 4.32. The first kappa shape index (κ1) is 7.38. The second kappa shape index (κ2) is 3.44. The number of hydrogen-bond acceptors (Lipinski definition) is 3. The summed E-state index contributed by atoms with van der Waals surface area (Å²) in [6, 6.07) is 0. The Balaban J connectivity index is 2.23. The summed E-state index contributed by atoms with van der Waals surface area (Å²) in [5, 5.41) is 3.99. The van der Waals surface area contributed by atoms with Crippen LogP contribution in [0.2, 0.25) is 0 Å². The molecule has 2 atom stereocenters. The molecule has 0 spiro atoms. The summed E-state index contributed by atoms with van der Waals surface area (Å²) in [5.74, 6) is 0. The first-order valence-electron chi connectivity index (χ1n) is 3.22. The lowest BCUT2D eigenvalue weighted by Gasteiger charge is -2.25. The maximum atomic E-state index is 5.16. The Kier molecular flexibility index (Phi) is 2.82. The lowest BCUT2D eigenvalue weighted by atomic mass is 10.4. The van der Waals surface area contributed by atoms with Crippen LogP contribution < -0.4 is 5.32 Å². The van der Waals surface area contributed by atoms with Crippen LogP contribution in [0.1, 0.15) is 6.92 Å². The van der Waals surface area contributed by atoms with Crippen LogP contribution in [0.5, 0.6) is 0 Å². The molecule has 0 amide bonds. The van der Waals surface area contributed by atoms with Gasteiger partial charge in [-0.1, -0.05) is 6.92 Å². The number of nitrogens with one attached hydrogen (secondary N) is 1. The van der Waals surface area contributed by atoms with Crippen molar-refractivity contribution < 1.29 is 4.74 Å². The van der Waals surface area contributed by atoms with Crippen molar-refractivity contribution in [1.29, 1.82) is 0 Å². The molecule has 1 rings (SSSR count). The maximum Gasteiger partial charge on any atom is 0.115 e. The predicted octanol–water partition coefficient (Wildman–Crippen LogP) is 0.684. The Morgan fingerprint density at radius 2 is 2.33 bits per heavy atom. The highest BCUT2D eigenvalue weighted by Gasteiger charge is 2.17. The minimum absolute atomic E-state index is 0.369. The third-order valence-corrected chi connectivity index (χ3v) is 2.68. The zero-order valence-electron chi connectivity index (χ0n) is 5.89. The fourth-order valence-corrected chi connectivity index (χ4v) is 1.96. The fourth-order valence-electron chi connectivity index (χ4n) is 0.899. The van der Waals surface area contributed by atoms with Crippen molar-refractivity contribution in [2.45, 2.75) is 17.6 Å². The molecular formula is C6H13NOS. The molecular weight excluding hydrogens is 134 g/mol. The van der Waals surface area contributed by atoms with Crippen LogP contribution in [-0.4, -0.2) is 30.9 Å². The topological polar surface area (TPSA) is 21.3 Å². The summed E-state index contributed by atoms with van der Waals surface area (Å²) in [6.07, 6.45) is 0. The van der Waals surface area contributed by atoms with Crippen LogP contribution in [0.4, 0.5) is 0 Å². The minimum Gasteiger partial charge on any atom is -0.369 e. The van der Waals surface area contributed by atoms with Crippen LogP contribution in [0.25, 0.3) is 0 Å². The van der Waals surface area contributed by atoms with Crippen LogP contribution in [0.15, 0.2) is 0 Å². The van der Waals surface area contributed by atoms with E-state index in [0.717, 1.165) is 13.1 Å². The lowest BCUT2D eigenvalue weighted by Crippen LogP contribution is -2.37. The molecule has 1 heterocycles. The van der Waals surface area contributed by atoms with Gasteiger partial charge in [-0.3, -0.25) is 0 Å². The molecule has 0 bridgehead atoms. The summed E-state index contributed by atoms with van der Waals surface area (Å²) in [4.78, 5) is 0. The molecule has 54 valence electrons. The third-order valence-electron chi connectivity index (χ3n) is 1.39. The van der Waals surface area contributed by atoms with Gasteiger partial charge in [0.1, 0.15) is 5.44 Å². The van der Waals surface area contributed by atoms with Gasteiger partial charge in [-0.25, -0.2) is 0 Å². The molecule has 2 unspecified atom stereocenters. The average Bonchev–Trinajstić information content (AvgIpc) is 1.88. The first-order chi connectivity index (χ1) is 4.33. The molecule has 1 fully saturated rings. The first-order valence-corrected chi connectivity index (χ1v) is 4.16. The van der Waals surface area contributed by atoms with E-state index in [0.29, 0.717) is 10.7 Å². The highest BCUT2D eigenvalue weighted by Crippen LogP contribution is 2.20. The number of hydrogen-bond donors (Lipinski definition) is 1. The summed E-state index contributed by atoms with van der Waals surface area (Å²) >= 11 is 1.90. The number of ether oxygens (including phenoxy) is 1. The van der Waals surface area contributed by atoms with Gasteiger partial charge >= 0.3 is 0 Å². The van der Waals surface area contributed by atoms with Gasteiger partial charge in [0.25, 0.3) is 0 Å². The monoisotopic (exact) mass is 147 g/mol. The molecule has 0 saturated carbocycles. The summed E-state index contributed by atoms with van der Waals surface area (Å²) < 4.78 is 5.16. The van der Waals surface area contributed by atoms with Crippen LogP contribution in [0, 0.1) is 0 Å². The predicted molar refractivity (Wildman–Crippen MR) is 40.7 cm³/mol. The molecule has 0 aromatic carbocycles.